The standard InChI is InChI=1S/C14H12ClF3N4O3/c1-19-11-8(15)5-20-13(22-11)21-9-3-2-7(12(23)24)4-10(9)25-6-14(16,17)18/h2-5H,6H2,1H3,(H,23,24)(H2,19,20,21,22). The Morgan fingerprint density at radius 1 is 1.40 bits per heavy atom. The van der Waals surface area contributed by atoms with Crippen LogP contribution in [0.3, 0.4) is 0 Å². The molecule has 3 N–H and O–H groups in total. The molecule has 1 aromatic heterocycles. The quantitative estimate of drug-likeness (QED) is 0.709. The topological polar surface area (TPSA) is 96.4 Å². The number of nitrogens with one attached hydrogen (secondary N) is 2. The third-order valence-corrected chi connectivity index (χ3v) is 3.12. The average Bonchev–Trinajstić information content (AvgIpc) is 2.54. The molecule has 0 saturated carbocycles. The van der Waals surface area contributed by atoms with E-state index in [0.29, 0.717) is 5.82 Å². The highest BCUT2D eigenvalue weighted by molar-refractivity contribution is 6.32. The highest BCUT2D eigenvalue weighted by Gasteiger charge is 2.29. The maximum atomic E-state index is 12.4. The number of rotatable bonds is 6. The first-order valence-corrected chi connectivity index (χ1v) is 7.11. The number of benzene rings is 1. The van der Waals surface area contributed by atoms with Crippen molar-refractivity contribution in [3.63, 3.8) is 0 Å². The maximum absolute atomic E-state index is 12.4. The number of carboxylic acid groups (broad SMARTS) is 1. The lowest BCUT2D eigenvalue weighted by molar-refractivity contribution is -0.153. The zero-order chi connectivity index (χ0) is 18.6. The summed E-state index contributed by atoms with van der Waals surface area (Å²) in [6, 6.07) is 3.44. The molecule has 0 unspecified atom stereocenters. The maximum Gasteiger partial charge on any atom is 0.422 e. The highest BCUT2D eigenvalue weighted by Crippen LogP contribution is 2.30. The molecule has 0 amide bonds. The van der Waals surface area contributed by atoms with Crippen molar-refractivity contribution in [2.24, 2.45) is 0 Å². The van der Waals surface area contributed by atoms with Gasteiger partial charge in [0.25, 0.3) is 0 Å². The number of nitrogens with zero attached hydrogens (tertiary/aromatic N) is 2. The Labute approximate surface area is 144 Å². The van der Waals surface area contributed by atoms with Gasteiger partial charge in [-0.05, 0) is 18.2 Å². The predicted octanol–water partition coefficient (Wildman–Crippen LogP) is 3.55. The Kier molecular flexibility index (Phi) is 5.52. The number of aromatic nitrogens is 2. The van der Waals surface area contributed by atoms with Gasteiger partial charge in [0.15, 0.2) is 6.61 Å². The zero-order valence-corrected chi connectivity index (χ0v) is 13.4. The Balaban J connectivity index is 2.33. The van der Waals surface area contributed by atoms with Crippen molar-refractivity contribution in [1.29, 1.82) is 0 Å². The minimum atomic E-state index is -4.58. The number of alkyl halides is 3. The Hall–Kier alpha value is -2.75. The van der Waals surface area contributed by atoms with Gasteiger partial charge in [0, 0.05) is 7.05 Å². The highest BCUT2D eigenvalue weighted by atomic mass is 35.5. The molecule has 2 aromatic rings. The molecule has 0 aliphatic rings. The number of hydrogen-bond acceptors (Lipinski definition) is 6. The van der Waals surface area contributed by atoms with Crippen LogP contribution in [-0.2, 0) is 0 Å². The van der Waals surface area contributed by atoms with Gasteiger partial charge < -0.3 is 20.5 Å². The fourth-order valence-corrected chi connectivity index (χ4v) is 1.95. The Morgan fingerprint density at radius 2 is 2.12 bits per heavy atom. The van der Waals surface area contributed by atoms with Crippen molar-refractivity contribution in [3.8, 4) is 5.75 Å². The van der Waals surface area contributed by atoms with Gasteiger partial charge in [-0.3, -0.25) is 0 Å². The molecule has 0 fully saturated rings. The van der Waals surface area contributed by atoms with Gasteiger partial charge in [-0.1, -0.05) is 11.6 Å². The third kappa shape index (κ3) is 5.11. The molecule has 1 aromatic carbocycles. The third-order valence-electron chi connectivity index (χ3n) is 2.85. The van der Waals surface area contributed by atoms with Gasteiger partial charge in [-0.2, -0.15) is 18.2 Å². The van der Waals surface area contributed by atoms with E-state index < -0.39 is 18.8 Å². The predicted molar refractivity (Wildman–Crippen MR) is 84.8 cm³/mol. The summed E-state index contributed by atoms with van der Waals surface area (Å²) in [6.07, 6.45) is -3.28. The van der Waals surface area contributed by atoms with Crippen LogP contribution in [0.25, 0.3) is 0 Å². The van der Waals surface area contributed by atoms with E-state index in [4.69, 9.17) is 21.4 Å². The van der Waals surface area contributed by atoms with Crippen molar-refractivity contribution >= 4 is 35.0 Å². The second kappa shape index (κ2) is 7.43. The van der Waals surface area contributed by atoms with E-state index in [1.165, 1.54) is 18.3 Å². The first-order chi connectivity index (χ1) is 11.7. The number of carbonyl (C=O) groups is 1. The van der Waals surface area contributed by atoms with Crippen LogP contribution in [0.4, 0.5) is 30.6 Å². The molecule has 0 bridgehead atoms. The SMILES string of the molecule is CNc1nc(Nc2ccc(C(=O)O)cc2OCC(F)(F)F)ncc1Cl. The lowest BCUT2D eigenvalue weighted by atomic mass is 10.2. The zero-order valence-electron chi connectivity index (χ0n) is 12.7. The number of halogens is 4. The van der Waals surface area contributed by atoms with Gasteiger partial charge in [0.1, 0.15) is 16.6 Å². The second-order valence-electron chi connectivity index (χ2n) is 4.69. The summed E-state index contributed by atoms with van der Waals surface area (Å²) >= 11 is 5.86. The minimum absolute atomic E-state index is 0.0358. The summed E-state index contributed by atoms with van der Waals surface area (Å²) < 4.78 is 41.9. The Morgan fingerprint density at radius 3 is 2.72 bits per heavy atom. The van der Waals surface area contributed by atoms with E-state index in [-0.39, 0.29) is 28.0 Å². The van der Waals surface area contributed by atoms with Crippen LogP contribution >= 0.6 is 11.6 Å². The van der Waals surface area contributed by atoms with Gasteiger partial charge in [0.2, 0.25) is 5.95 Å². The van der Waals surface area contributed by atoms with Crippen LogP contribution in [0, 0.1) is 0 Å². The lowest BCUT2D eigenvalue weighted by Gasteiger charge is -2.15. The van der Waals surface area contributed by atoms with E-state index in [1.54, 1.807) is 7.05 Å². The molecule has 0 spiro atoms. The fourth-order valence-electron chi connectivity index (χ4n) is 1.76. The van der Waals surface area contributed by atoms with Crippen LogP contribution in [-0.4, -0.2) is 40.9 Å². The molecular formula is C14H12ClF3N4O3. The summed E-state index contributed by atoms with van der Waals surface area (Å²) in [5.41, 5.74) is -0.158. The molecule has 134 valence electrons. The molecule has 0 radical (unpaired) electrons. The average molecular weight is 377 g/mol. The van der Waals surface area contributed by atoms with Crippen LogP contribution in [0.2, 0.25) is 5.02 Å². The van der Waals surface area contributed by atoms with Gasteiger partial charge in [-0.25, -0.2) is 9.78 Å². The molecule has 11 heteroatoms. The summed E-state index contributed by atoms with van der Waals surface area (Å²) in [4.78, 5) is 18.9. The van der Waals surface area contributed by atoms with Crippen LogP contribution in [0.15, 0.2) is 24.4 Å². The molecule has 1 heterocycles. The van der Waals surface area contributed by atoms with Gasteiger partial charge in [0.05, 0.1) is 17.4 Å². The lowest BCUT2D eigenvalue weighted by Crippen LogP contribution is -2.20. The normalized spacial score (nSPS) is 11.1. The van der Waals surface area contributed by atoms with Crippen molar-refractivity contribution in [3.05, 3.63) is 35.0 Å². The number of carboxylic acids is 1. The number of ether oxygens (including phenoxy) is 1. The van der Waals surface area contributed by atoms with Crippen LogP contribution in [0.5, 0.6) is 5.75 Å². The molecule has 0 atom stereocenters. The molecule has 25 heavy (non-hydrogen) atoms. The summed E-state index contributed by atoms with van der Waals surface area (Å²) in [6.45, 7) is -1.58. The first kappa shape index (κ1) is 18.6. The summed E-state index contributed by atoms with van der Waals surface area (Å²) in [7, 11) is 1.58. The molecule has 7 nitrogen and oxygen atoms in total. The van der Waals surface area contributed by atoms with Crippen molar-refractivity contribution in [2.75, 3.05) is 24.3 Å². The fraction of sp³-hybridized carbons (Fsp3) is 0.214. The minimum Gasteiger partial charge on any atom is -0.482 e. The molecule has 2 rings (SSSR count). The second-order valence-corrected chi connectivity index (χ2v) is 5.09. The van der Waals surface area contributed by atoms with Crippen molar-refractivity contribution < 1.29 is 27.8 Å². The van der Waals surface area contributed by atoms with E-state index in [1.807, 2.05) is 0 Å². The molecule has 0 aliphatic carbocycles. The number of anilines is 3. The summed E-state index contributed by atoms with van der Waals surface area (Å²) in [5.74, 6) is -1.27. The molecular weight excluding hydrogens is 365 g/mol. The Bertz CT molecular complexity index is 786. The van der Waals surface area contributed by atoms with Gasteiger partial charge in [-0.15, -0.1) is 0 Å². The van der Waals surface area contributed by atoms with Crippen molar-refractivity contribution in [1.82, 2.24) is 9.97 Å². The van der Waals surface area contributed by atoms with Crippen LogP contribution < -0.4 is 15.4 Å². The molecule has 0 aliphatic heterocycles. The smallest absolute Gasteiger partial charge is 0.422 e. The number of hydrogen-bond donors (Lipinski definition) is 3. The van der Waals surface area contributed by atoms with E-state index in [2.05, 4.69) is 20.6 Å². The van der Waals surface area contributed by atoms with Gasteiger partial charge >= 0.3 is 12.1 Å². The van der Waals surface area contributed by atoms with E-state index >= 15 is 0 Å². The van der Waals surface area contributed by atoms with Crippen LogP contribution in [0.1, 0.15) is 10.4 Å². The number of aromatic carboxylic acids is 1. The first-order valence-electron chi connectivity index (χ1n) is 6.74. The van der Waals surface area contributed by atoms with E-state index in [0.717, 1.165) is 6.07 Å². The van der Waals surface area contributed by atoms with Crippen molar-refractivity contribution in [2.45, 2.75) is 6.18 Å². The summed E-state index contributed by atoms with van der Waals surface area (Å²) in [5, 5.41) is 14.6. The largest absolute Gasteiger partial charge is 0.482 e. The van der Waals surface area contributed by atoms with E-state index in [9.17, 15) is 18.0 Å². The monoisotopic (exact) mass is 376 g/mol. The molecule has 0 saturated heterocycles.